The summed E-state index contributed by atoms with van der Waals surface area (Å²) < 4.78 is 0.481. The number of carbonyl (C=O) groups excluding carboxylic acids is 2. The maximum Gasteiger partial charge on any atom is 0.262 e. The quantitative estimate of drug-likeness (QED) is 0.208. The Kier molecular flexibility index (Phi) is 10.3. The minimum Gasteiger partial charge on any atom is -0.274 e. The molecule has 0 unspecified atom stereocenters. The van der Waals surface area contributed by atoms with E-state index in [9.17, 15) is 9.59 Å². The first-order valence-electron chi connectivity index (χ1n) is 11.3. The fourth-order valence-electron chi connectivity index (χ4n) is 4.07. The Labute approximate surface area is 176 Å². The van der Waals surface area contributed by atoms with E-state index in [0.717, 1.165) is 17.7 Å². The third kappa shape index (κ3) is 6.47. The van der Waals surface area contributed by atoms with Crippen LogP contribution in [0.5, 0.6) is 0 Å². The molecule has 0 saturated carbocycles. The molecular weight excluding hydrogens is 365 g/mol. The van der Waals surface area contributed by atoms with Crippen molar-refractivity contribution in [3.63, 3.8) is 0 Å². The summed E-state index contributed by atoms with van der Waals surface area (Å²) in [6.07, 6.45) is 18.2. The molecule has 0 atom stereocenters. The lowest BCUT2D eigenvalue weighted by molar-refractivity contribution is 0.0651. The molecule has 1 aliphatic heterocycles. The van der Waals surface area contributed by atoms with Crippen molar-refractivity contribution < 1.29 is 9.59 Å². The van der Waals surface area contributed by atoms with E-state index in [4.69, 9.17) is 7.85 Å². The average Bonchev–Trinajstić information content (AvgIpc) is 3.11. The van der Waals surface area contributed by atoms with Crippen molar-refractivity contribution in [2.45, 2.75) is 104 Å². The van der Waals surface area contributed by atoms with Gasteiger partial charge in [0.25, 0.3) is 11.8 Å². The topological polar surface area (TPSA) is 37.4 Å². The Balaban J connectivity index is 1.47. The van der Waals surface area contributed by atoms with Gasteiger partial charge >= 0.3 is 0 Å². The summed E-state index contributed by atoms with van der Waals surface area (Å²) in [6.45, 7) is 4.65. The van der Waals surface area contributed by atoms with E-state index in [2.05, 4.69) is 6.92 Å². The van der Waals surface area contributed by atoms with Gasteiger partial charge in [-0.25, -0.2) is 0 Å². The number of hydrogen-bond acceptors (Lipinski definition) is 3. The number of hydrogen-bond donors (Lipinski definition) is 0. The Hall–Kier alpha value is -1.10. The normalized spacial score (nSPS) is 13.6. The molecule has 0 saturated heterocycles. The van der Waals surface area contributed by atoms with Gasteiger partial charge in [-0.1, -0.05) is 90.4 Å². The summed E-state index contributed by atoms with van der Waals surface area (Å²) in [4.78, 5) is 27.1. The number of imide groups is 1. The van der Waals surface area contributed by atoms with Gasteiger partial charge < -0.3 is 0 Å². The zero-order valence-electron chi connectivity index (χ0n) is 17.9. The fraction of sp³-hybridized carbons (Fsp3) is 0.739. The van der Waals surface area contributed by atoms with Crippen LogP contribution in [0.15, 0.2) is 0 Å². The minimum absolute atomic E-state index is 0.153. The van der Waals surface area contributed by atoms with Crippen LogP contribution in [0.4, 0.5) is 0 Å². The Morgan fingerprint density at radius 3 is 1.61 bits per heavy atom. The van der Waals surface area contributed by atoms with Crippen molar-refractivity contribution in [2.24, 2.45) is 0 Å². The van der Waals surface area contributed by atoms with Gasteiger partial charge in [-0.05, 0) is 18.1 Å². The number of aryl methyl sites for hydroxylation is 1. The largest absolute Gasteiger partial charge is 0.274 e. The predicted molar refractivity (Wildman–Crippen MR) is 120 cm³/mol. The molecule has 0 aliphatic carbocycles. The van der Waals surface area contributed by atoms with E-state index < -0.39 is 0 Å². The van der Waals surface area contributed by atoms with E-state index in [-0.39, 0.29) is 11.8 Å². The van der Waals surface area contributed by atoms with Crippen molar-refractivity contribution in [2.75, 3.05) is 6.54 Å². The van der Waals surface area contributed by atoms with Crippen LogP contribution in [-0.4, -0.2) is 31.1 Å². The lowest BCUT2D eigenvalue weighted by Gasteiger charge is -2.14. The van der Waals surface area contributed by atoms with Gasteiger partial charge in [0.05, 0.1) is 11.1 Å². The van der Waals surface area contributed by atoms with Gasteiger partial charge in [-0.15, -0.1) is 0 Å². The zero-order chi connectivity index (χ0) is 20.4. The van der Waals surface area contributed by atoms with Crippen molar-refractivity contribution >= 4 is 35.8 Å². The second-order valence-corrected chi connectivity index (χ2v) is 9.39. The summed E-state index contributed by atoms with van der Waals surface area (Å²) >= 11 is 1.34. The lowest BCUT2D eigenvalue weighted by Crippen LogP contribution is -2.32. The minimum atomic E-state index is -0.198. The van der Waals surface area contributed by atoms with E-state index in [1.54, 1.807) is 0 Å². The monoisotopic (exact) mass is 401 g/mol. The zero-order valence-corrected chi connectivity index (χ0v) is 18.7. The second kappa shape index (κ2) is 12.5. The van der Waals surface area contributed by atoms with Gasteiger partial charge in [-0.3, -0.25) is 14.5 Å². The Morgan fingerprint density at radius 1 is 0.714 bits per heavy atom. The first-order chi connectivity index (χ1) is 13.6. The SMILES string of the molecule is [B]c1sc(C)c2c1C(=O)N(CCCCCCCCCCCCCCCC)C2=O. The van der Waals surface area contributed by atoms with Crippen molar-refractivity contribution in [1.82, 2.24) is 4.90 Å². The molecular formula is C23H36BNO2S. The average molecular weight is 401 g/mol. The molecule has 5 heteroatoms. The Morgan fingerprint density at radius 2 is 1.14 bits per heavy atom. The molecule has 2 rings (SSSR count). The molecule has 1 aromatic rings. The number of rotatable bonds is 15. The molecule has 2 radical (unpaired) electrons. The maximum atomic E-state index is 12.5. The molecule has 0 bridgehead atoms. The summed E-state index contributed by atoms with van der Waals surface area (Å²) in [7, 11) is 5.91. The number of carbonyl (C=O) groups is 2. The molecule has 0 N–H and O–H groups in total. The second-order valence-electron chi connectivity index (χ2n) is 8.13. The third-order valence-electron chi connectivity index (χ3n) is 5.76. The highest BCUT2D eigenvalue weighted by atomic mass is 32.1. The van der Waals surface area contributed by atoms with Crippen molar-refractivity contribution in [3.8, 4) is 0 Å². The van der Waals surface area contributed by atoms with E-state index in [0.29, 0.717) is 22.4 Å². The highest BCUT2D eigenvalue weighted by Gasteiger charge is 2.38. The number of unbranched alkanes of at least 4 members (excludes halogenated alkanes) is 13. The molecule has 0 aromatic carbocycles. The maximum absolute atomic E-state index is 12.5. The summed E-state index contributed by atoms with van der Waals surface area (Å²) in [5.74, 6) is -0.350. The third-order valence-corrected chi connectivity index (χ3v) is 6.70. The van der Waals surface area contributed by atoms with Crippen LogP contribution in [0.1, 0.15) is 122 Å². The van der Waals surface area contributed by atoms with Crippen LogP contribution in [0, 0.1) is 6.92 Å². The van der Waals surface area contributed by atoms with Gasteiger partial charge in [0, 0.05) is 11.4 Å². The highest BCUT2D eigenvalue weighted by Crippen LogP contribution is 2.28. The first-order valence-corrected chi connectivity index (χ1v) is 12.1. The summed E-state index contributed by atoms with van der Waals surface area (Å²) in [5, 5.41) is 0. The molecule has 3 nitrogen and oxygen atoms in total. The molecule has 28 heavy (non-hydrogen) atoms. The molecule has 1 aliphatic rings. The van der Waals surface area contributed by atoms with Gasteiger partial charge in [-0.2, -0.15) is 11.3 Å². The highest BCUT2D eigenvalue weighted by molar-refractivity contribution is 7.21. The van der Waals surface area contributed by atoms with Crippen LogP contribution < -0.4 is 4.78 Å². The number of amides is 2. The van der Waals surface area contributed by atoms with Gasteiger partial charge in [0.1, 0.15) is 7.85 Å². The predicted octanol–water partition coefficient (Wildman–Crippen LogP) is 5.93. The molecule has 0 fully saturated rings. The molecule has 0 spiro atoms. The van der Waals surface area contributed by atoms with E-state index in [1.807, 2.05) is 6.92 Å². The molecule has 2 amide bonds. The Bertz CT molecular complexity index is 604. The number of fused-ring (bicyclic) bond motifs is 1. The summed E-state index contributed by atoms with van der Waals surface area (Å²) in [5.41, 5.74) is 0.982. The van der Waals surface area contributed by atoms with Gasteiger partial charge in [0.2, 0.25) is 0 Å². The standard InChI is InChI=1S/C23H36BNO2S/c1-3-4-5-6-7-8-9-10-11-12-13-14-15-16-17-25-22(26)19-18(2)28-21(24)20(19)23(25)27/h3-17H2,1-2H3. The lowest BCUT2D eigenvalue weighted by atomic mass is 10.00. The smallest absolute Gasteiger partial charge is 0.262 e. The van der Waals surface area contributed by atoms with Crippen molar-refractivity contribution in [1.29, 1.82) is 0 Å². The molecule has 1 aromatic heterocycles. The van der Waals surface area contributed by atoms with E-state index >= 15 is 0 Å². The van der Waals surface area contributed by atoms with Crippen LogP contribution in [-0.2, 0) is 0 Å². The van der Waals surface area contributed by atoms with Crippen molar-refractivity contribution in [3.05, 3.63) is 16.0 Å². The van der Waals surface area contributed by atoms with Gasteiger partial charge in [0.15, 0.2) is 0 Å². The van der Waals surface area contributed by atoms with Crippen LogP contribution >= 0.6 is 11.3 Å². The first kappa shape index (κ1) is 23.2. The van der Waals surface area contributed by atoms with Crippen LogP contribution in [0.3, 0.4) is 0 Å². The fourth-order valence-corrected chi connectivity index (χ4v) is 4.98. The summed E-state index contributed by atoms with van der Waals surface area (Å²) in [6, 6.07) is 0. The van der Waals surface area contributed by atoms with E-state index in [1.165, 1.54) is 93.3 Å². The van der Waals surface area contributed by atoms with Crippen LogP contribution in [0.2, 0.25) is 0 Å². The molecule has 2 heterocycles. The number of nitrogens with zero attached hydrogens (tertiary/aromatic N) is 1. The van der Waals surface area contributed by atoms with Crippen LogP contribution in [0.25, 0.3) is 0 Å². The number of thiophene rings is 1. The molecule has 154 valence electrons.